The molecule has 1 amide bonds. The zero-order valence-electron chi connectivity index (χ0n) is 18.1. The summed E-state index contributed by atoms with van der Waals surface area (Å²) >= 11 is 0. The lowest BCUT2D eigenvalue weighted by molar-refractivity contribution is -0.121. The van der Waals surface area contributed by atoms with Crippen LogP contribution in [0.15, 0.2) is 78.9 Å². The maximum absolute atomic E-state index is 13.9. The van der Waals surface area contributed by atoms with Crippen molar-refractivity contribution in [3.8, 4) is 22.7 Å². The van der Waals surface area contributed by atoms with E-state index in [1.54, 1.807) is 30.0 Å². The highest BCUT2D eigenvalue weighted by Gasteiger charge is 2.14. The largest absolute Gasteiger partial charge is 0.497 e. The van der Waals surface area contributed by atoms with Crippen molar-refractivity contribution < 1.29 is 18.3 Å². The standard InChI is InChI=1S/C26H23F2N3O2/c1-33-24-11-9-23(10-12-24)31-25(19-5-3-7-21(28)15-19)16-22(30-31)8-13-26(32)29-17-18-4-2-6-20(27)14-18/h2-7,9-12,14-16H,8,13,17H2,1H3,(H,29,32). The maximum atomic E-state index is 13.9. The van der Waals surface area contributed by atoms with Gasteiger partial charge in [0.2, 0.25) is 5.91 Å². The fourth-order valence-corrected chi connectivity index (χ4v) is 3.50. The van der Waals surface area contributed by atoms with Gasteiger partial charge < -0.3 is 10.1 Å². The number of aromatic nitrogens is 2. The van der Waals surface area contributed by atoms with Crippen LogP contribution in [0, 0.1) is 11.6 Å². The van der Waals surface area contributed by atoms with Crippen LogP contribution in [0.5, 0.6) is 5.75 Å². The van der Waals surface area contributed by atoms with Crippen LogP contribution >= 0.6 is 0 Å². The van der Waals surface area contributed by atoms with Gasteiger partial charge in [-0.05, 0) is 60.2 Å². The molecule has 33 heavy (non-hydrogen) atoms. The van der Waals surface area contributed by atoms with E-state index >= 15 is 0 Å². The molecule has 0 atom stereocenters. The van der Waals surface area contributed by atoms with Gasteiger partial charge in [0.05, 0.1) is 24.2 Å². The Morgan fingerprint density at radius 3 is 2.39 bits per heavy atom. The van der Waals surface area contributed by atoms with Crippen molar-refractivity contribution in [2.24, 2.45) is 0 Å². The monoisotopic (exact) mass is 447 g/mol. The lowest BCUT2D eigenvalue weighted by atomic mass is 10.1. The smallest absolute Gasteiger partial charge is 0.220 e. The second kappa shape index (κ2) is 10.1. The second-order valence-electron chi connectivity index (χ2n) is 7.55. The molecule has 0 saturated heterocycles. The molecular formula is C26H23F2N3O2. The molecule has 3 aromatic carbocycles. The van der Waals surface area contributed by atoms with Crippen LogP contribution in [-0.2, 0) is 17.8 Å². The number of carbonyl (C=O) groups excluding carboxylic acids is 1. The summed E-state index contributed by atoms with van der Waals surface area (Å²) in [6.45, 7) is 0.255. The minimum Gasteiger partial charge on any atom is -0.497 e. The van der Waals surface area contributed by atoms with E-state index in [-0.39, 0.29) is 30.5 Å². The first kappa shape index (κ1) is 22.2. The van der Waals surface area contributed by atoms with Gasteiger partial charge in [0, 0.05) is 24.9 Å². The van der Waals surface area contributed by atoms with E-state index in [9.17, 15) is 13.6 Å². The van der Waals surface area contributed by atoms with Crippen LogP contribution in [0.2, 0.25) is 0 Å². The molecule has 168 valence electrons. The zero-order chi connectivity index (χ0) is 23.2. The van der Waals surface area contributed by atoms with Gasteiger partial charge in [-0.3, -0.25) is 4.79 Å². The minimum atomic E-state index is -0.340. The molecule has 1 heterocycles. The van der Waals surface area contributed by atoms with Gasteiger partial charge in [0.1, 0.15) is 17.4 Å². The number of halogens is 2. The number of carbonyl (C=O) groups is 1. The molecule has 0 saturated carbocycles. The number of rotatable bonds is 8. The molecule has 4 aromatic rings. The number of benzene rings is 3. The Morgan fingerprint density at radius 2 is 1.70 bits per heavy atom. The van der Waals surface area contributed by atoms with E-state index in [4.69, 9.17) is 4.74 Å². The highest BCUT2D eigenvalue weighted by atomic mass is 19.1. The molecule has 0 aliphatic rings. The van der Waals surface area contributed by atoms with E-state index in [0.717, 1.165) is 11.4 Å². The first-order chi connectivity index (χ1) is 16.0. The Labute approximate surface area is 190 Å². The number of ether oxygens (including phenoxy) is 1. The third kappa shape index (κ3) is 5.63. The van der Waals surface area contributed by atoms with E-state index in [1.165, 1.54) is 24.3 Å². The Bertz CT molecular complexity index is 1250. The first-order valence-electron chi connectivity index (χ1n) is 10.5. The number of aryl methyl sites for hydroxylation is 1. The molecule has 1 aromatic heterocycles. The van der Waals surface area contributed by atoms with Crippen LogP contribution in [0.25, 0.3) is 16.9 Å². The predicted molar refractivity (Wildman–Crippen MR) is 122 cm³/mol. The van der Waals surface area contributed by atoms with E-state index in [2.05, 4.69) is 10.4 Å². The Morgan fingerprint density at radius 1 is 0.970 bits per heavy atom. The predicted octanol–water partition coefficient (Wildman–Crippen LogP) is 5.08. The van der Waals surface area contributed by atoms with E-state index < -0.39 is 0 Å². The average molecular weight is 447 g/mol. The minimum absolute atomic E-state index is 0.162. The highest BCUT2D eigenvalue weighted by Crippen LogP contribution is 2.26. The average Bonchev–Trinajstić information content (AvgIpc) is 3.26. The summed E-state index contributed by atoms with van der Waals surface area (Å²) in [4.78, 5) is 12.3. The van der Waals surface area contributed by atoms with Crippen molar-refractivity contribution in [2.45, 2.75) is 19.4 Å². The van der Waals surface area contributed by atoms with Gasteiger partial charge in [-0.2, -0.15) is 5.10 Å². The Hall–Kier alpha value is -4.00. The Kier molecular flexibility index (Phi) is 6.78. The van der Waals surface area contributed by atoms with E-state index in [0.29, 0.717) is 29.0 Å². The summed E-state index contributed by atoms with van der Waals surface area (Å²) in [5.41, 5.74) is 3.58. The van der Waals surface area contributed by atoms with Gasteiger partial charge in [0.25, 0.3) is 0 Å². The number of hydrogen-bond donors (Lipinski definition) is 1. The van der Waals surface area contributed by atoms with Gasteiger partial charge >= 0.3 is 0 Å². The van der Waals surface area contributed by atoms with Crippen LogP contribution in [0.4, 0.5) is 8.78 Å². The SMILES string of the molecule is COc1ccc(-n2nc(CCC(=O)NCc3cccc(F)c3)cc2-c2cccc(F)c2)cc1. The molecule has 0 unspecified atom stereocenters. The molecule has 0 spiro atoms. The van der Waals surface area contributed by atoms with Crippen molar-refractivity contribution in [1.82, 2.24) is 15.1 Å². The fraction of sp³-hybridized carbons (Fsp3) is 0.154. The molecule has 0 aliphatic carbocycles. The van der Waals surface area contributed by atoms with Crippen molar-refractivity contribution >= 4 is 5.91 Å². The molecule has 1 N–H and O–H groups in total. The lowest BCUT2D eigenvalue weighted by Gasteiger charge is -2.08. The van der Waals surface area contributed by atoms with Crippen molar-refractivity contribution in [1.29, 1.82) is 0 Å². The molecule has 7 heteroatoms. The number of hydrogen-bond acceptors (Lipinski definition) is 3. The second-order valence-corrected chi connectivity index (χ2v) is 7.55. The van der Waals surface area contributed by atoms with Crippen molar-refractivity contribution in [3.05, 3.63) is 102 Å². The molecular weight excluding hydrogens is 424 g/mol. The summed E-state index contributed by atoms with van der Waals surface area (Å²) in [5.74, 6) is -0.122. The van der Waals surface area contributed by atoms with Gasteiger partial charge in [0.15, 0.2) is 0 Å². The number of nitrogens with zero attached hydrogens (tertiary/aromatic N) is 2. The fourth-order valence-electron chi connectivity index (χ4n) is 3.50. The number of amides is 1. The highest BCUT2D eigenvalue weighted by molar-refractivity contribution is 5.76. The van der Waals surface area contributed by atoms with Gasteiger partial charge in [-0.15, -0.1) is 0 Å². The molecule has 5 nitrogen and oxygen atoms in total. The topological polar surface area (TPSA) is 56.2 Å². The summed E-state index contributed by atoms with van der Waals surface area (Å²) in [7, 11) is 1.60. The summed E-state index contributed by atoms with van der Waals surface area (Å²) in [6, 6.07) is 21.7. The van der Waals surface area contributed by atoms with Crippen molar-refractivity contribution in [2.75, 3.05) is 7.11 Å². The third-order valence-corrected chi connectivity index (χ3v) is 5.18. The Balaban J connectivity index is 1.51. The molecule has 4 rings (SSSR count). The van der Waals surface area contributed by atoms with Gasteiger partial charge in [-0.1, -0.05) is 24.3 Å². The first-order valence-corrected chi connectivity index (χ1v) is 10.5. The summed E-state index contributed by atoms with van der Waals surface area (Å²) in [5, 5.41) is 7.47. The maximum Gasteiger partial charge on any atom is 0.220 e. The summed E-state index contributed by atoms with van der Waals surface area (Å²) < 4.78 is 34.1. The van der Waals surface area contributed by atoms with Crippen LogP contribution < -0.4 is 10.1 Å². The molecule has 0 radical (unpaired) electrons. The number of nitrogens with one attached hydrogen (secondary N) is 1. The quantitative estimate of drug-likeness (QED) is 0.410. The lowest BCUT2D eigenvalue weighted by Crippen LogP contribution is -2.23. The zero-order valence-corrected chi connectivity index (χ0v) is 18.1. The van der Waals surface area contributed by atoms with Crippen molar-refractivity contribution in [3.63, 3.8) is 0 Å². The molecule has 0 aliphatic heterocycles. The third-order valence-electron chi connectivity index (χ3n) is 5.18. The molecule has 0 bridgehead atoms. The van der Waals surface area contributed by atoms with Crippen LogP contribution in [0.1, 0.15) is 17.7 Å². The van der Waals surface area contributed by atoms with Gasteiger partial charge in [-0.25, -0.2) is 13.5 Å². The normalized spacial score (nSPS) is 10.8. The van der Waals surface area contributed by atoms with E-state index in [1.807, 2.05) is 36.4 Å². The molecule has 0 fully saturated rings. The number of methoxy groups -OCH3 is 1. The van der Waals surface area contributed by atoms with Crippen LogP contribution in [-0.4, -0.2) is 22.8 Å². The van der Waals surface area contributed by atoms with Crippen LogP contribution in [0.3, 0.4) is 0 Å². The summed E-state index contributed by atoms with van der Waals surface area (Å²) in [6.07, 6.45) is 0.623.